The molecule has 2 aromatic heterocycles. The Balaban J connectivity index is 1.37. The van der Waals surface area contributed by atoms with Crippen LogP contribution in [0, 0.1) is 0 Å². The smallest absolute Gasteiger partial charge is 0.293 e. The van der Waals surface area contributed by atoms with Crippen molar-refractivity contribution in [2.45, 2.75) is 0 Å². The second kappa shape index (κ2) is 7.95. The number of aromatic nitrogens is 1. The van der Waals surface area contributed by atoms with Crippen molar-refractivity contribution < 1.29 is 14.4 Å². The summed E-state index contributed by atoms with van der Waals surface area (Å²) in [6.07, 6.45) is 1.72. The van der Waals surface area contributed by atoms with Gasteiger partial charge in [0.1, 0.15) is 5.69 Å². The standard InChI is InChI=1S/C20H15N3O3S2/c24-18(16-8-7-13-4-1-2-6-15(13)22-16)21-9-10-23-19(25)17(28-20(23)26)12-14-5-3-11-27-14/h1-8,11-12H,9-10H2,(H,21,24)/b17-12-. The zero-order valence-electron chi connectivity index (χ0n) is 14.6. The van der Waals surface area contributed by atoms with Crippen molar-refractivity contribution in [1.82, 2.24) is 15.2 Å². The van der Waals surface area contributed by atoms with Gasteiger partial charge >= 0.3 is 0 Å². The van der Waals surface area contributed by atoms with Gasteiger partial charge in [-0.15, -0.1) is 11.3 Å². The van der Waals surface area contributed by atoms with Gasteiger partial charge in [0.15, 0.2) is 0 Å². The van der Waals surface area contributed by atoms with Crippen LogP contribution in [0.1, 0.15) is 15.4 Å². The molecule has 0 bridgehead atoms. The predicted molar refractivity (Wildman–Crippen MR) is 111 cm³/mol. The van der Waals surface area contributed by atoms with Crippen molar-refractivity contribution in [3.8, 4) is 0 Å². The number of benzene rings is 1. The molecule has 1 N–H and O–H groups in total. The molecule has 1 saturated heterocycles. The molecule has 3 heterocycles. The van der Waals surface area contributed by atoms with Gasteiger partial charge in [0.2, 0.25) is 0 Å². The molecule has 0 atom stereocenters. The Morgan fingerprint density at radius 1 is 1.11 bits per heavy atom. The fraction of sp³-hybridized carbons (Fsp3) is 0.100. The molecule has 1 aliphatic heterocycles. The number of fused-ring (bicyclic) bond motifs is 1. The number of imide groups is 1. The van der Waals surface area contributed by atoms with Crippen molar-refractivity contribution in [3.63, 3.8) is 0 Å². The molecule has 3 aromatic rings. The van der Waals surface area contributed by atoms with Crippen molar-refractivity contribution in [3.05, 3.63) is 69.4 Å². The molecule has 140 valence electrons. The fourth-order valence-corrected chi connectivity index (χ4v) is 4.35. The van der Waals surface area contributed by atoms with Crippen molar-refractivity contribution in [2.24, 2.45) is 0 Å². The molecule has 6 nitrogen and oxygen atoms in total. The van der Waals surface area contributed by atoms with E-state index in [1.165, 1.54) is 11.3 Å². The van der Waals surface area contributed by atoms with E-state index in [1.54, 1.807) is 12.1 Å². The third-order valence-electron chi connectivity index (χ3n) is 4.14. The van der Waals surface area contributed by atoms with E-state index in [0.29, 0.717) is 10.6 Å². The third kappa shape index (κ3) is 3.83. The average molecular weight is 409 g/mol. The molecule has 8 heteroatoms. The summed E-state index contributed by atoms with van der Waals surface area (Å²) in [6.45, 7) is 0.281. The minimum atomic E-state index is -0.341. The van der Waals surface area contributed by atoms with Crippen LogP contribution < -0.4 is 5.32 Å². The highest BCUT2D eigenvalue weighted by Gasteiger charge is 2.34. The molecule has 0 radical (unpaired) electrons. The largest absolute Gasteiger partial charge is 0.349 e. The maximum atomic E-state index is 12.4. The maximum Gasteiger partial charge on any atom is 0.293 e. The van der Waals surface area contributed by atoms with Crippen LogP contribution in [-0.4, -0.2) is 40.0 Å². The van der Waals surface area contributed by atoms with Crippen LogP contribution in [0.5, 0.6) is 0 Å². The van der Waals surface area contributed by atoms with E-state index < -0.39 is 0 Å². The first-order valence-corrected chi connectivity index (χ1v) is 10.2. The average Bonchev–Trinajstić information content (AvgIpc) is 3.31. The van der Waals surface area contributed by atoms with Gasteiger partial charge in [-0.1, -0.05) is 30.3 Å². The van der Waals surface area contributed by atoms with Crippen molar-refractivity contribution in [2.75, 3.05) is 13.1 Å². The van der Waals surface area contributed by atoms with Crippen LogP contribution in [-0.2, 0) is 4.79 Å². The molecule has 1 aliphatic rings. The van der Waals surface area contributed by atoms with E-state index in [4.69, 9.17) is 0 Å². The third-order valence-corrected chi connectivity index (χ3v) is 5.87. The van der Waals surface area contributed by atoms with Crippen LogP contribution in [0.4, 0.5) is 4.79 Å². The summed E-state index contributed by atoms with van der Waals surface area (Å²) in [4.78, 5) is 43.7. The first kappa shape index (κ1) is 18.4. The van der Waals surface area contributed by atoms with Gasteiger partial charge in [-0.2, -0.15) is 0 Å². The number of thioether (sulfide) groups is 1. The number of para-hydroxylation sites is 1. The lowest BCUT2D eigenvalue weighted by Crippen LogP contribution is -2.37. The summed E-state index contributed by atoms with van der Waals surface area (Å²) in [5.41, 5.74) is 1.03. The SMILES string of the molecule is O=C(NCCN1C(=O)S/C(=C\c2cccs2)C1=O)c1ccc2ccccc2n1. The van der Waals surface area contributed by atoms with Crippen LogP contribution in [0.3, 0.4) is 0 Å². The molecular formula is C20H15N3O3S2. The van der Waals surface area contributed by atoms with E-state index in [1.807, 2.05) is 47.8 Å². The van der Waals surface area contributed by atoms with Gasteiger partial charge in [0.05, 0.1) is 10.4 Å². The summed E-state index contributed by atoms with van der Waals surface area (Å²) in [5.74, 6) is -0.673. The van der Waals surface area contributed by atoms with Crippen molar-refractivity contribution >= 4 is 57.1 Å². The lowest BCUT2D eigenvalue weighted by atomic mass is 10.2. The second-order valence-corrected chi connectivity index (χ2v) is 7.97. The number of nitrogens with one attached hydrogen (secondary N) is 1. The lowest BCUT2D eigenvalue weighted by molar-refractivity contribution is -0.122. The molecular weight excluding hydrogens is 394 g/mol. The van der Waals surface area contributed by atoms with Crippen LogP contribution in [0.25, 0.3) is 17.0 Å². The van der Waals surface area contributed by atoms with Gasteiger partial charge < -0.3 is 5.32 Å². The zero-order valence-corrected chi connectivity index (χ0v) is 16.3. The quantitative estimate of drug-likeness (QED) is 0.649. The number of pyridine rings is 1. The van der Waals surface area contributed by atoms with E-state index in [-0.39, 0.29) is 30.1 Å². The molecule has 1 fully saturated rings. The number of thiophene rings is 1. The van der Waals surface area contributed by atoms with Gasteiger partial charge in [-0.05, 0) is 41.4 Å². The van der Waals surface area contributed by atoms with Gasteiger partial charge in [-0.25, -0.2) is 4.98 Å². The topological polar surface area (TPSA) is 79.4 Å². The highest BCUT2D eigenvalue weighted by atomic mass is 32.2. The molecule has 28 heavy (non-hydrogen) atoms. The minimum absolute atomic E-state index is 0.117. The first-order valence-electron chi connectivity index (χ1n) is 8.55. The summed E-state index contributed by atoms with van der Waals surface area (Å²) in [6, 6.07) is 14.8. The Hall–Kier alpha value is -2.97. The normalized spacial score (nSPS) is 15.6. The van der Waals surface area contributed by atoms with Crippen LogP contribution >= 0.6 is 23.1 Å². The Labute approximate surface area is 169 Å². The number of amides is 3. The fourth-order valence-electron chi connectivity index (χ4n) is 2.76. The Kier molecular flexibility index (Phi) is 5.23. The molecule has 3 amide bonds. The summed E-state index contributed by atoms with van der Waals surface area (Å²) < 4.78 is 0. The number of carbonyl (C=O) groups excluding carboxylic acids is 3. The van der Waals surface area contributed by atoms with E-state index >= 15 is 0 Å². The number of rotatable bonds is 5. The molecule has 0 spiro atoms. The van der Waals surface area contributed by atoms with Gasteiger partial charge in [-0.3, -0.25) is 19.3 Å². The zero-order chi connectivity index (χ0) is 19.5. The van der Waals surface area contributed by atoms with E-state index in [9.17, 15) is 14.4 Å². The second-order valence-electron chi connectivity index (χ2n) is 5.99. The predicted octanol–water partition coefficient (Wildman–Crippen LogP) is 3.76. The summed E-state index contributed by atoms with van der Waals surface area (Å²) in [7, 11) is 0. The Bertz CT molecular complexity index is 1090. The molecule has 0 aliphatic carbocycles. The molecule has 4 rings (SSSR count). The molecule has 1 aromatic carbocycles. The Morgan fingerprint density at radius 2 is 1.96 bits per heavy atom. The Morgan fingerprint density at radius 3 is 2.79 bits per heavy atom. The summed E-state index contributed by atoms with van der Waals surface area (Å²) in [5, 5.41) is 5.25. The van der Waals surface area contributed by atoms with Gasteiger partial charge in [0, 0.05) is 23.4 Å². The minimum Gasteiger partial charge on any atom is -0.349 e. The summed E-state index contributed by atoms with van der Waals surface area (Å²) >= 11 is 2.42. The van der Waals surface area contributed by atoms with Crippen LogP contribution in [0.2, 0.25) is 0 Å². The number of hydrogen-bond acceptors (Lipinski definition) is 6. The number of nitrogens with zero attached hydrogens (tertiary/aromatic N) is 2. The highest BCUT2D eigenvalue weighted by molar-refractivity contribution is 8.18. The lowest BCUT2D eigenvalue weighted by Gasteiger charge is -2.13. The number of hydrogen-bond donors (Lipinski definition) is 1. The first-order chi connectivity index (χ1) is 13.6. The molecule has 0 saturated carbocycles. The number of carbonyl (C=O) groups is 3. The highest BCUT2D eigenvalue weighted by Crippen LogP contribution is 2.32. The molecule has 0 unspecified atom stereocenters. The van der Waals surface area contributed by atoms with Crippen molar-refractivity contribution in [1.29, 1.82) is 0 Å². The van der Waals surface area contributed by atoms with E-state index in [0.717, 1.165) is 32.4 Å². The maximum absolute atomic E-state index is 12.4. The monoisotopic (exact) mass is 409 g/mol. The van der Waals surface area contributed by atoms with Gasteiger partial charge in [0.25, 0.3) is 17.1 Å². The van der Waals surface area contributed by atoms with Crippen LogP contribution in [0.15, 0.2) is 58.8 Å². The van der Waals surface area contributed by atoms with E-state index in [2.05, 4.69) is 10.3 Å².